The number of amides is 1. The fourth-order valence-electron chi connectivity index (χ4n) is 1.70. The van der Waals surface area contributed by atoms with Crippen molar-refractivity contribution in [2.75, 3.05) is 29.6 Å². The Bertz CT molecular complexity index is 712. The maximum Gasteiger partial charge on any atom is 0.411 e. The summed E-state index contributed by atoms with van der Waals surface area (Å²) in [5.74, 6) is 0.776. The maximum absolute atomic E-state index is 11.5. The van der Waals surface area contributed by atoms with Crippen LogP contribution in [0, 0.1) is 0 Å². The first-order valence-electron chi connectivity index (χ1n) is 6.74. The Balaban J connectivity index is 2.17. The van der Waals surface area contributed by atoms with Crippen LogP contribution in [0.2, 0.25) is 10.0 Å². The van der Waals surface area contributed by atoms with Crippen LogP contribution in [0.15, 0.2) is 24.4 Å². The summed E-state index contributed by atoms with van der Waals surface area (Å²) in [7, 11) is 1.68. The van der Waals surface area contributed by atoms with E-state index < -0.39 is 6.09 Å². The molecule has 0 aliphatic rings. The second-order valence-corrected chi connectivity index (χ2v) is 5.12. The van der Waals surface area contributed by atoms with Crippen molar-refractivity contribution in [2.45, 2.75) is 6.92 Å². The fourth-order valence-corrected chi connectivity index (χ4v) is 2.00. The van der Waals surface area contributed by atoms with E-state index in [1.165, 1.54) is 6.20 Å². The molecule has 0 saturated carbocycles. The molecule has 0 aliphatic carbocycles. The SMILES string of the molecule is CCOC(=O)Nc1cnc(Nc2ccc(Cl)c(Cl)c2)nc1NC. The molecule has 0 unspecified atom stereocenters. The third-order valence-corrected chi connectivity index (χ3v) is 3.45. The molecule has 9 heteroatoms. The molecule has 0 spiro atoms. The minimum absolute atomic E-state index is 0.276. The van der Waals surface area contributed by atoms with Gasteiger partial charge in [-0.3, -0.25) is 5.32 Å². The number of hydrogen-bond donors (Lipinski definition) is 3. The molecule has 2 rings (SSSR count). The molecule has 0 aliphatic heterocycles. The van der Waals surface area contributed by atoms with Crippen LogP contribution in [0.5, 0.6) is 0 Å². The highest BCUT2D eigenvalue weighted by atomic mass is 35.5. The van der Waals surface area contributed by atoms with Gasteiger partial charge in [-0.05, 0) is 25.1 Å². The predicted octanol–water partition coefficient (Wildman–Crippen LogP) is 4.14. The van der Waals surface area contributed by atoms with Crippen LogP contribution in [0.3, 0.4) is 0 Å². The van der Waals surface area contributed by atoms with Crippen LogP contribution >= 0.6 is 23.2 Å². The van der Waals surface area contributed by atoms with Crippen molar-refractivity contribution < 1.29 is 9.53 Å². The van der Waals surface area contributed by atoms with E-state index in [1.807, 2.05) is 0 Å². The first kappa shape index (κ1) is 17.1. The fraction of sp³-hybridized carbons (Fsp3) is 0.214. The van der Waals surface area contributed by atoms with E-state index in [-0.39, 0.29) is 6.61 Å². The molecule has 0 bridgehead atoms. The predicted molar refractivity (Wildman–Crippen MR) is 92.0 cm³/mol. The minimum atomic E-state index is -0.571. The van der Waals surface area contributed by atoms with Gasteiger partial charge in [0.15, 0.2) is 5.82 Å². The molecule has 7 nitrogen and oxygen atoms in total. The van der Waals surface area contributed by atoms with E-state index in [1.54, 1.807) is 32.2 Å². The first-order valence-corrected chi connectivity index (χ1v) is 7.49. The molecule has 3 N–H and O–H groups in total. The van der Waals surface area contributed by atoms with E-state index in [0.717, 1.165) is 0 Å². The highest BCUT2D eigenvalue weighted by Gasteiger charge is 2.10. The molecule has 23 heavy (non-hydrogen) atoms. The van der Waals surface area contributed by atoms with E-state index in [4.69, 9.17) is 27.9 Å². The van der Waals surface area contributed by atoms with Crippen molar-refractivity contribution in [2.24, 2.45) is 0 Å². The number of rotatable bonds is 5. The number of nitrogens with one attached hydrogen (secondary N) is 3. The maximum atomic E-state index is 11.5. The zero-order valence-corrected chi connectivity index (χ0v) is 14.0. The monoisotopic (exact) mass is 355 g/mol. The molecule has 0 atom stereocenters. The average Bonchev–Trinajstić information content (AvgIpc) is 2.52. The van der Waals surface area contributed by atoms with Gasteiger partial charge in [-0.25, -0.2) is 9.78 Å². The van der Waals surface area contributed by atoms with Gasteiger partial charge in [0.05, 0.1) is 22.8 Å². The molecule has 0 saturated heterocycles. The summed E-state index contributed by atoms with van der Waals surface area (Å²) in [4.78, 5) is 19.9. The van der Waals surface area contributed by atoms with Gasteiger partial charge in [0, 0.05) is 12.7 Å². The van der Waals surface area contributed by atoms with Crippen LogP contribution in [0.4, 0.5) is 27.9 Å². The summed E-state index contributed by atoms with van der Waals surface area (Å²) < 4.78 is 4.82. The summed E-state index contributed by atoms with van der Waals surface area (Å²) in [6.07, 6.45) is 0.896. The van der Waals surface area contributed by atoms with Gasteiger partial charge < -0.3 is 15.4 Å². The number of anilines is 4. The summed E-state index contributed by atoms with van der Waals surface area (Å²) in [5.41, 5.74) is 1.10. The second-order valence-electron chi connectivity index (χ2n) is 4.31. The molecule has 1 aromatic heterocycles. The Kier molecular flexibility index (Phi) is 5.84. The van der Waals surface area contributed by atoms with Crippen molar-refractivity contribution in [3.05, 3.63) is 34.4 Å². The number of carbonyl (C=O) groups excluding carboxylic acids is 1. The Morgan fingerprint density at radius 1 is 1.30 bits per heavy atom. The van der Waals surface area contributed by atoms with Crippen LogP contribution in [0.1, 0.15) is 6.92 Å². The zero-order chi connectivity index (χ0) is 16.8. The van der Waals surface area contributed by atoms with Crippen LogP contribution in [-0.4, -0.2) is 29.7 Å². The summed E-state index contributed by atoms with van der Waals surface area (Å²) in [5, 5.41) is 9.32. The number of hydrogen-bond acceptors (Lipinski definition) is 6. The molecular formula is C14H15Cl2N5O2. The molecule has 1 amide bonds. The topological polar surface area (TPSA) is 88.2 Å². The van der Waals surface area contributed by atoms with Crippen LogP contribution in [-0.2, 0) is 4.74 Å². The van der Waals surface area contributed by atoms with Gasteiger partial charge in [-0.2, -0.15) is 4.98 Å². The van der Waals surface area contributed by atoms with Crippen molar-refractivity contribution >= 4 is 52.4 Å². The van der Waals surface area contributed by atoms with Crippen molar-refractivity contribution in [3.63, 3.8) is 0 Å². The Morgan fingerprint density at radius 3 is 2.74 bits per heavy atom. The van der Waals surface area contributed by atoms with Gasteiger partial charge in [-0.15, -0.1) is 0 Å². The van der Waals surface area contributed by atoms with Crippen molar-refractivity contribution in [3.8, 4) is 0 Å². The second kappa shape index (κ2) is 7.85. The number of halogens is 2. The van der Waals surface area contributed by atoms with Crippen molar-refractivity contribution in [1.82, 2.24) is 9.97 Å². The number of aromatic nitrogens is 2. The summed E-state index contributed by atoms with van der Waals surface area (Å²) in [6, 6.07) is 5.08. The minimum Gasteiger partial charge on any atom is -0.450 e. The quantitative estimate of drug-likeness (QED) is 0.746. The highest BCUT2D eigenvalue weighted by molar-refractivity contribution is 6.42. The number of carbonyl (C=O) groups is 1. The summed E-state index contributed by atoms with van der Waals surface area (Å²) in [6.45, 7) is 2.00. The standard InChI is InChI=1S/C14H15Cl2N5O2/c1-3-23-14(22)20-11-7-18-13(21-12(11)17-2)19-8-4-5-9(15)10(16)6-8/h4-7H,3H2,1-2H3,(H,20,22)(H2,17,18,19,21). The molecule has 122 valence electrons. The normalized spacial score (nSPS) is 10.1. The number of benzene rings is 1. The molecule has 0 radical (unpaired) electrons. The van der Waals surface area contributed by atoms with Crippen LogP contribution in [0.25, 0.3) is 0 Å². The number of nitrogens with zero attached hydrogens (tertiary/aromatic N) is 2. The Labute approximate surface area is 143 Å². The van der Waals surface area contributed by atoms with Crippen molar-refractivity contribution in [1.29, 1.82) is 0 Å². The van der Waals surface area contributed by atoms with Gasteiger partial charge in [0.25, 0.3) is 0 Å². The first-order chi connectivity index (χ1) is 11.0. The van der Waals surface area contributed by atoms with E-state index in [2.05, 4.69) is 25.9 Å². The highest BCUT2D eigenvalue weighted by Crippen LogP contribution is 2.27. The third kappa shape index (κ3) is 4.61. The van der Waals surface area contributed by atoms with Gasteiger partial charge in [-0.1, -0.05) is 23.2 Å². The lowest BCUT2D eigenvalue weighted by atomic mass is 10.3. The lowest BCUT2D eigenvalue weighted by Crippen LogP contribution is -2.15. The lowest BCUT2D eigenvalue weighted by molar-refractivity contribution is 0.168. The largest absolute Gasteiger partial charge is 0.450 e. The Hall–Kier alpha value is -2.25. The van der Waals surface area contributed by atoms with E-state index >= 15 is 0 Å². The molecule has 2 aromatic rings. The smallest absolute Gasteiger partial charge is 0.411 e. The van der Waals surface area contributed by atoms with E-state index in [0.29, 0.717) is 33.2 Å². The average molecular weight is 356 g/mol. The number of ether oxygens (including phenoxy) is 1. The summed E-state index contributed by atoms with van der Waals surface area (Å²) >= 11 is 11.8. The van der Waals surface area contributed by atoms with Crippen LogP contribution < -0.4 is 16.0 Å². The Morgan fingerprint density at radius 2 is 2.09 bits per heavy atom. The zero-order valence-electron chi connectivity index (χ0n) is 12.5. The van der Waals surface area contributed by atoms with Gasteiger partial charge in [0.1, 0.15) is 5.69 Å². The molecule has 1 heterocycles. The van der Waals surface area contributed by atoms with Gasteiger partial charge >= 0.3 is 6.09 Å². The third-order valence-electron chi connectivity index (χ3n) is 2.71. The molecule has 0 fully saturated rings. The lowest BCUT2D eigenvalue weighted by Gasteiger charge is -2.12. The molecular weight excluding hydrogens is 341 g/mol. The van der Waals surface area contributed by atoms with Gasteiger partial charge in [0.2, 0.25) is 5.95 Å². The molecule has 1 aromatic carbocycles. The van der Waals surface area contributed by atoms with E-state index in [9.17, 15) is 4.79 Å².